The maximum atomic E-state index is 11.9. The average molecular weight is 369 g/mol. The van der Waals surface area contributed by atoms with Crippen LogP contribution in [0.15, 0.2) is 30.3 Å². The van der Waals surface area contributed by atoms with Crippen LogP contribution in [-0.4, -0.2) is 65.5 Å². The van der Waals surface area contributed by atoms with Gasteiger partial charge in [0.25, 0.3) is 0 Å². The molecule has 7 nitrogen and oxygen atoms in total. The predicted octanol–water partition coefficient (Wildman–Crippen LogP) is 1.38. The number of carbonyl (C=O) groups is 1. The molecule has 1 fully saturated rings. The molecule has 0 radical (unpaired) electrons. The summed E-state index contributed by atoms with van der Waals surface area (Å²) >= 11 is 0. The quantitative estimate of drug-likeness (QED) is 0.742. The number of benzene rings is 1. The molecule has 1 saturated heterocycles. The molecule has 0 N–H and O–H groups in total. The maximum absolute atomic E-state index is 11.9. The number of fused-ring (bicyclic) bond motifs is 1. The van der Waals surface area contributed by atoms with Gasteiger partial charge in [-0.25, -0.2) is 0 Å². The third kappa shape index (κ3) is 3.98. The van der Waals surface area contributed by atoms with Gasteiger partial charge in [0, 0.05) is 57.8 Å². The number of hydrogen-bond acceptors (Lipinski definition) is 6. The summed E-state index contributed by atoms with van der Waals surface area (Å²) in [5.74, 6) is 1.78. The first-order valence-electron chi connectivity index (χ1n) is 9.75. The third-order valence-corrected chi connectivity index (χ3v) is 5.70. The summed E-state index contributed by atoms with van der Waals surface area (Å²) in [5.41, 5.74) is 1.30. The summed E-state index contributed by atoms with van der Waals surface area (Å²) in [7, 11) is 1.46. The van der Waals surface area contributed by atoms with E-state index in [2.05, 4.69) is 54.9 Å². The summed E-state index contributed by atoms with van der Waals surface area (Å²) in [5, 5.41) is 8.71. The van der Waals surface area contributed by atoms with E-state index in [-0.39, 0.29) is 11.9 Å². The van der Waals surface area contributed by atoms with E-state index in [1.807, 2.05) is 0 Å². The molecule has 0 spiro atoms. The number of esters is 1. The van der Waals surface area contributed by atoms with E-state index in [1.165, 1.54) is 12.8 Å². The van der Waals surface area contributed by atoms with Gasteiger partial charge in [-0.3, -0.25) is 9.69 Å². The van der Waals surface area contributed by atoms with Gasteiger partial charge in [0.2, 0.25) is 0 Å². The number of ether oxygens (including phenoxy) is 1. The van der Waals surface area contributed by atoms with Crippen LogP contribution in [0.1, 0.15) is 18.1 Å². The predicted molar refractivity (Wildman–Crippen MR) is 103 cm³/mol. The van der Waals surface area contributed by atoms with E-state index < -0.39 is 0 Å². The van der Waals surface area contributed by atoms with Crippen molar-refractivity contribution in [3.63, 3.8) is 0 Å². The molecule has 7 heteroatoms. The van der Waals surface area contributed by atoms with Gasteiger partial charge < -0.3 is 14.2 Å². The number of nitrogens with zero attached hydrogens (tertiary/aromatic N) is 5. The zero-order valence-corrected chi connectivity index (χ0v) is 15.9. The molecule has 1 atom stereocenters. The zero-order chi connectivity index (χ0) is 18.6. The molecule has 2 aliphatic heterocycles. The first-order chi connectivity index (χ1) is 13.2. The summed E-state index contributed by atoms with van der Waals surface area (Å²) in [6.45, 7) is 5.83. The van der Waals surface area contributed by atoms with Crippen LogP contribution in [-0.2, 0) is 28.9 Å². The van der Waals surface area contributed by atoms with Gasteiger partial charge in [0.1, 0.15) is 11.6 Å². The van der Waals surface area contributed by atoms with Crippen LogP contribution < -0.4 is 4.90 Å². The minimum Gasteiger partial charge on any atom is -0.469 e. The highest BCUT2D eigenvalue weighted by molar-refractivity contribution is 5.72. The molecule has 0 aliphatic carbocycles. The highest BCUT2D eigenvalue weighted by atomic mass is 16.5. The SMILES string of the molecule is COC(=O)C1CCc2nnc(CCN3CCN(c4ccccc4)CC3)n2C1. The van der Waals surface area contributed by atoms with Crippen LogP contribution in [0.2, 0.25) is 0 Å². The molecular weight excluding hydrogens is 342 g/mol. The molecule has 144 valence electrons. The fourth-order valence-corrected chi connectivity index (χ4v) is 4.05. The number of rotatable bonds is 5. The number of piperazine rings is 1. The maximum Gasteiger partial charge on any atom is 0.310 e. The van der Waals surface area contributed by atoms with Gasteiger partial charge in [-0.05, 0) is 18.6 Å². The number of para-hydroxylation sites is 1. The van der Waals surface area contributed by atoms with Gasteiger partial charge in [0.05, 0.1) is 13.0 Å². The van der Waals surface area contributed by atoms with Gasteiger partial charge in [-0.1, -0.05) is 18.2 Å². The molecule has 3 heterocycles. The van der Waals surface area contributed by atoms with Crippen molar-refractivity contribution in [2.75, 3.05) is 44.7 Å². The van der Waals surface area contributed by atoms with Crippen LogP contribution in [0.4, 0.5) is 5.69 Å². The highest BCUT2D eigenvalue weighted by Gasteiger charge is 2.28. The third-order valence-electron chi connectivity index (χ3n) is 5.70. The van der Waals surface area contributed by atoms with E-state index >= 15 is 0 Å². The Hall–Kier alpha value is -2.41. The average Bonchev–Trinajstić information content (AvgIpc) is 3.15. The number of aromatic nitrogens is 3. The summed E-state index contributed by atoms with van der Waals surface area (Å²) < 4.78 is 7.05. The number of carbonyl (C=O) groups excluding carboxylic acids is 1. The van der Waals surface area contributed by atoms with E-state index in [0.29, 0.717) is 6.54 Å². The Morgan fingerprint density at radius 1 is 1.15 bits per heavy atom. The van der Waals surface area contributed by atoms with Crippen molar-refractivity contribution in [1.82, 2.24) is 19.7 Å². The smallest absolute Gasteiger partial charge is 0.310 e. The van der Waals surface area contributed by atoms with Gasteiger partial charge in [-0.2, -0.15) is 0 Å². The molecule has 0 amide bonds. The topological polar surface area (TPSA) is 63.5 Å². The standard InChI is InChI=1S/C20H27N5O2/c1-27-20(26)16-7-8-18-21-22-19(25(18)15-16)9-10-23-11-13-24(14-12-23)17-5-3-2-4-6-17/h2-6,16H,7-15H2,1H3. The van der Waals surface area contributed by atoms with Gasteiger partial charge in [-0.15, -0.1) is 10.2 Å². The van der Waals surface area contributed by atoms with Crippen LogP contribution in [0.25, 0.3) is 0 Å². The fraction of sp³-hybridized carbons (Fsp3) is 0.550. The van der Waals surface area contributed by atoms with Crippen LogP contribution in [0.3, 0.4) is 0 Å². The van der Waals surface area contributed by atoms with Gasteiger partial charge >= 0.3 is 5.97 Å². The van der Waals surface area contributed by atoms with Crippen molar-refractivity contribution < 1.29 is 9.53 Å². The molecular formula is C20H27N5O2. The lowest BCUT2D eigenvalue weighted by Crippen LogP contribution is -2.47. The highest BCUT2D eigenvalue weighted by Crippen LogP contribution is 2.22. The molecule has 27 heavy (non-hydrogen) atoms. The Morgan fingerprint density at radius 2 is 1.93 bits per heavy atom. The van der Waals surface area contributed by atoms with E-state index in [4.69, 9.17) is 4.74 Å². The Balaban J connectivity index is 1.31. The van der Waals surface area contributed by atoms with Crippen LogP contribution in [0, 0.1) is 5.92 Å². The number of anilines is 1. The molecule has 0 bridgehead atoms. The Bertz CT molecular complexity index is 768. The van der Waals surface area contributed by atoms with Crippen molar-refractivity contribution in [2.45, 2.75) is 25.8 Å². The molecule has 2 aromatic rings. The van der Waals surface area contributed by atoms with Crippen molar-refractivity contribution in [1.29, 1.82) is 0 Å². The minimum absolute atomic E-state index is 0.0772. The molecule has 1 unspecified atom stereocenters. The molecule has 4 rings (SSSR count). The Kier molecular flexibility index (Phi) is 5.38. The zero-order valence-electron chi connectivity index (χ0n) is 15.9. The number of aryl methyl sites for hydroxylation is 1. The second-order valence-electron chi connectivity index (χ2n) is 7.32. The first kappa shape index (κ1) is 18.0. The largest absolute Gasteiger partial charge is 0.469 e. The lowest BCUT2D eigenvalue weighted by atomic mass is 9.99. The van der Waals surface area contributed by atoms with Crippen LogP contribution in [0.5, 0.6) is 0 Å². The van der Waals surface area contributed by atoms with Crippen LogP contribution >= 0.6 is 0 Å². The second kappa shape index (κ2) is 8.08. The minimum atomic E-state index is -0.127. The molecule has 0 saturated carbocycles. The fourth-order valence-electron chi connectivity index (χ4n) is 4.05. The Morgan fingerprint density at radius 3 is 2.67 bits per heavy atom. The normalized spacial score (nSPS) is 20.3. The Labute approximate surface area is 159 Å². The number of methoxy groups -OCH3 is 1. The summed E-state index contributed by atoms with van der Waals surface area (Å²) in [6, 6.07) is 10.6. The molecule has 1 aromatic carbocycles. The van der Waals surface area contributed by atoms with E-state index in [1.54, 1.807) is 0 Å². The summed E-state index contributed by atoms with van der Waals surface area (Å²) in [4.78, 5) is 16.8. The van der Waals surface area contributed by atoms with Gasteiger partial charge in [0.15, 0.2) is 0 Å². The molecule has 2 aliphatic rings. The lowest BCUT2D eigenvalue weighted by Gasteiger charge is -2.36. The van der Waals surface area contributed by atoms with Crippen molar-refractivity contribution in [2.24, 2.45) is 5.92 Å². The van der Waals surface area contributed by atoms with E-state index in [0.717, 1.165) is 63.6 Å². The lowest BCUT2D eigenvalue weighted by molar-refractivity contribution is -0.146. The second-order valence-corrected chi connectivity index (χ2v) is 7.32. The van der Waals surface area contributed by atoms with Crippen molar-refractivity contribution >= 4 is 11.7 Å². The monoisotopic (exact) mass is 369 g/mol. The first-order valence-corrected chi connectivity index (χ1v) is 9.75. The molecule has 1 aromatic heterocycles. The van der Waals surface area contributed by atoms with E-state index in [9.17, 15) is 4.79 Å². The van der Waals surface area contributed by atoms with Crippen molar-refractivity contribution in [3.05, 3.63) is 42.0 Å². The van der Waals surface area contributed by atoms with Crippen molar-refractivity contribution in [3.8, 4) is 0 Å². The number of hydrogen-bond donors (Lipinski definition) is 0. The summed E-state index contributed by atoms with van der Waals surface area (Å²) in [6.07, 6.45) is 2.46.